The second-order valence-corrected chi connectivity index (χ2v) is 5.05. The Balaban J connectivity index is 2.12. The fourth-order valence-electron chi connectivity index (χ4n) is 1.72. The molecular formula is C13H13FN2O2S. The third-order valence-corrected chi connectivity index (χ3v) is 3.71. The smallest absolute Gasteiger partial charge is 0.340 e. The Labute approximate surface area is 113 Å². The molecule has 0 fully saturated rings. The second-order valence-electron chi connectivity index (χ2n) is 4.12. The first-order chi connectivity index (χ1) is 9.09. The van der Waals surface area contributed by atoms with Crippen LogP contribution in [-0.2, 0) is 0 Å². The lowest BCUT2D eigenvalue weighted by Gasteiger charge is -2.13. The van der Waals surface area contributed by atoms with Crippen LogP contribution in [0.1, 0.15) is 28.2 Å². The molecule has 0 amide bonds. The van der Waals surface area contributed by atoms with Crippen LogP contribution in [-0.4, -0.2) is 22.6 Å². The minimum atomic E-state index is -1.28. The highest BCUT2D eigenvalue weighted by molar-refractivity contribution is 7.09. The van der Waals surface area contributed by atoms with Crippen LogP contribution in [0.15, 0.2) is 29.8 Å². The topological polar surface area (TPSA) is 62.2 Å². The van der Waals surface area contributed by atoms with Gasteiger partial charge < -0.3 is 10.4 Å². The predicted molar refractivity (Wildman–Crippen MR) is 72.4 cm³/mol. The van der Waals surface area contributed by atoms with Gasteiger partial charge in [-0.3, -0.25) is 0 Å². The zero-order valence-electron chi connectivity index (χ0n) is 10.3. The first-order valence-corrected chi connectivity index (χ1v) is 6.62. The van der Waals surface area contributed by atoms with E-state index in [2.05, 4.69) is 10.3 Å². The Hall–Kier alpha value is -1.95. The van der Waals surface area contributed by atoms with E-state index in [1.165, 1.54) is 17.4 Å². The molecule has 0 radical (unpaired) electrons. The van der Waals surface area contributed by atoms with Gasteiger partial charge in [-0.15, -0.1) is 11.3 Å². The molecule has 100 valence electrons. The van der Waals surface area contributed by atoms with Crippen molar-refractivity contribution >= 4 is 23.0 Å². The van der Waals surface area contributed by atoms with E-state index in [1.807, 2.05) is 12.3 Å². The molecule has 0 aliphatic rings. The first-order valence-electron chi connectivity index (χ1n) is 5.74. The number of anilines is 1. The van der Waals surface area contributed by atoms with Gasteiger partial charge in [0.2, 0.25) is 0 Å². The van der Waals surface area contributed by atoms with Crippen LogP contribution in [0.4, 0.5) is 10.1 Å². The zero-order valence-corrected chi connectivity index (χ0v) is 11.1. The molecule has 1 heterocycles. The van der Waals surface area contributed by atoms with E-state index in [1.54, 1.807) is 12.3 Å². The number of nitrogens with one attached hydrogen (secondary N) is 1. The number of nitrogens with zero attached hydrogens (tertiary/aromatic N) is 1. The monoisotopic (exact) mass is 280 g/mol. The third kappa shape index (κ3) is 3.08. The summed E-state index contributed by atoms with van der Waals surface area (Å²) in [4.78, 5) is 15.2. The van der Waals surface area contributed by atoms with E-state index in [9.17, 15) is 9.18 Å². The normalized spacial score (nSPS) is 12.1. The second kappa shape index (κ2) is 5.79. The van der Waals surface area contributed by atoms with Gasteiger partial charge in [-0.05, 0) is 12.1 Å². The Morgan fingerprint density at radius 3 is 3.00 bits per heavy atom. The lowest BCUT2D eigenvalue weighted by molar-refractivity contribution is 0.0693. The average Bonchev–Trinajstić information content (AvgIpc) is 2.89. The number of thiazole rings is 1. The highest BCUT2D eigenvalue weighted by atomic mass is 32.1. The molecule has 6 heteroatoms. The van der Waals surface area contributed by atoms with Crippen molar-refractivity contribution in [3.8, 4) is 0 Å². The Morgan fingerprint density at radius 2 is 2.37 bits per heavy atom. The number of hydrogen-bond acceptors (Lipinski definition) is 4. The Bertz CT molecular complexity index is 572. The maximum atomic E-state index is 13.5. The SMILES string of the molecule is CC(CNc1cccc(F)c1C(=O)O)c1nccs1. The molecule has 1 aromatic carbocycles. The number of halogens is 1. The van der Waals surface area contributed by atoms with Crippen molar-refractivity contribution in [3.63, 3.8) is 0 Å². The van der Waals surface area contributed by atoms with Gasteiger partial charge in [0, 0.05) is 24.0 Å². The summed E-state index contributed by atoms with van der Waals surface area (Å²) in [5, 5.41) is 14.8. The molecule has 0 bridgehead atoms. The lowest BCUT2D eigenvalue weighted by Crippen LogP contribution is -2.13. The molecule has 2 N–H and O–H groups in total. The zero-order chi connectivity index (χ0) is 13.8. The van der Waals surface area contributed by atoms with Crippen LogP contribution in [0.3, 0.4) is 0 Å². The Kier molecular flexibility index (Phi) is 4.11. The third-order valence-electron chi connectivity index (χ3n) is 2.70. The minimum absolute atomic E-state index is 0.130. The summed E-state index contributed by atoms with van der Waals surface area (Å²) >= 11 is 1.54. The van der Waals surface area contributed by atoms with Gasteiger partial charge >= 0.3 is 5.97 Å². The van der Waals surface area contributed by atoms with Crippen LogP contribution in [0.5, 0.6) is 0 Å². The molecule has 0 aliphatic heterocycles. The molecule has 0 saturated carbocycles. The summed E-state index contributed by atoms with van der Waals surface area (Å²) in [6.07, 6.45) is 1.72. The number of carbonyl (C=O) groups is 1. The number of hydrogen-bond donors (Lipinski definition) is 2. The first kappa shape index (κ1) is 13.5. The average molecular weight is 280 g/mol. The maximum absolute atomic E-state index is 13.5. The predicted octanol–water partition coefficient (Wildman–Crippen LogP) is 3.20. The van der Waals surface area contributed by atoms with Crippen molar-refractivity contribution < 1.29 is 14.3 Å². The van der Waals surface area contributed by atoms with Crippen LogP contribution >= 0.6 is 11.3 Å². The van der Waals surface area contributed by atoms with Gasteiger partial charge in [0.15, 0.2) is 0 Å². The summed E-state index contributed by atoms with van der Waals surface area (Å²) in [7, 11) is 0. The summed E-state index contributed by atoms with van der Waals surface area (Å²) in [6, 6.07) is 4.18. The molecule has 1 unspecified atom stereocenters. The van der Waals surface area contributed by atoms with E-state index >= 15 is 0 Å². The van der Waals surface area contributed by atoms with Gasteiger partial charge in [-0.25, -0.2) is 14.2 Å². The standard InChI is InChI=1S/C13H13FN2O2S/c1-8(12-15-5-6-19-12)7-16-10-4-2-3-9(14)11(10)13(17)18/h2-6,8,16H,7H2,1H3,(H,17,18). The van der Waals surface area contributed by atoms with E-state index < -0.39 is 11.8 Å². The van der Waals surface area contributed by atoms with E-state index in [0.717, 1.165) is 11.1 Å². The van der Waals surface area contributed by atoms with Gasteiger partial charge in [0.25, 0.3) is 0 Å². The van der Waals surface area contributed by atoms with Crippen molar-refractivity contribution in [3.05, 3.63) is 46.2 Å². The van der Waals surface area contributed by atoms with Crippen LogP contribution in [0.2, 0.25) is 0 Å². The quantitative estimate of drug-likeness (QED) is 0.883. The largest absolute Gasteiger partial charge is 0.478 e. The van der Waals surface area contributed by atoms with Gasteiger partial charge in [-0.2, -0.15) is 0 Å². The van der Waals surface area contributed by atoms with Crippen molar-refractivity contribution in [1.29, 1.82) is 0 Å². The van der Waals surface area contributed by atoms with Crippen molar-refractivity contribution in [1.82, 2.24) is 4.98 Å². The lowest BCUT2D eigenvalue weighted by atomic mass is 10.1. The molecule has 2 aromatic rings. The van der Waals surface area contributed by atoms with E-state index in [4.69, 9.17) is 5.11 Å². The summed E-state index contributed by atoms with van der Waals surface area (Å²) in [5.41, 5.74) is -0.0373. The van der Waals surface area contributed by atoms with Gasteiger partial charge in [0.05, 0.1) is 10.7 Å². The summed E-state index contributed by atoms with van der Waals surface area (Å²) in [6.45, 7) is 2.48. The summed E-state index contributed by atoms with van der Waals surface area (Å²) in [5.74, 6) is -1.88. The Morgan fingerprint density at radius 1 is 1.58 bits per heavy atom. The molecule has 19 heavy (non-hydrogen) atoms. The van der Waals surface area contributed by atoms with Crippen molar-refractivity contribution in [2.45, 2.75) is 12.8 Å². The molecule has 0 aliphatic carbocycles. The van der Waals surface area contributed by atoms with Crippen LogP contribution in [0.25, 0.3) is 0 Å². The molecule has 1 aromatic heterocycles. The van der Waals surface area contributed by atoms with Gasteiger partial charge in [0.1, 0.15) is 11.4 Å². The fourth-order valence-corrected chi connectivity index (χ4v) is 2.42. The molecule has 2 rings (SSSR count). The highest BCUT2D eigenvalue weighted by Crippen LogP contribution is 2.22. The number of rotatable bonds is 5. The molecule has 4 nitrogen and oxygen atoms in total. The number of carboxylic acid groups (broad SMARTS) is 1. The maximum Gasteiger partial charge on any atom is 0.340 e. The number of aromatic carboxylic acids is 1. The minimum Gasteiger partial charge on any atom is -0.478 e. The van der Waals surface area contributed by atoms with Crippen molar-refractivity contribution in [2.24, 2.45) is 0 Å². The highest BCUT2D eigenvalue weighted by Gasteiger charge is 2.16. The van der Waals surface area contributed by atoms with Crippen LogP contribution < -0.4 is 5.32 Å². The van der Waals surface area contributed by atoms with Crippen LogP contribution in [0, 0.1) is 5.82 Å². The molecule has 0 saturated heterocycles. The summed E-state index contributed by atoms with van der Waals surface area (Å²) < 4.78 is 13.5. The van der Waals surface area contributed by atoms with Gasteiger partial charge in [-0.1, -0.05) is 13.0 Å². The molecule has 1 atom stereocenters. The van der Waals surface area contributed by atoms with E-state index in [-0.39, 0.29) is 17.2 Å². The fraction of sp³-hybridized carbons (Fsp3) is 0.231. The molecular weight excluding hydrogens is 267 g/mol. The number of carboxylic acids is 1. The number of benzene rings is 1. The van der Waals surface area contributed by atoms with E-state index in [0.29, 0.717) is 6.54 Å². The van der Waals surface area contributed by atoms with Crippen molar-refractivity contribution in [2.75, 3.05) is 11.9 Å². The molecule has 0 spiro atoms. The number of aromatic nitrogens is 1.